The van der Waals surface area contributed by atoms with E-state index in [4.69, 9.17) is 15.5 Å². The van der Waals surface area contributed by atoms with Crippen molar-refractivity contribution < 1.29 is 9.53 Å². The number of amides is 1. The van der Waals surface area contributed by atoms with E-state index in [1.165, 1.54) is 38.3 Å². The number of hydrogen-bond acceptors (Lipinski definition) is 8. The Labute approximate surface area is 205 Å². The van der Waals surface area contributed by atoms with Crippen molar-refractivity contribution in [1.29, 1.82) is 0 Å². The molecule has 0 atom stereocenters. The number of fused-ring (bicyclic) bond motifs is 1. The van der Waals surface area contributed by atoms with Crippen molar-refractivity contribution >= 4 is 34.8 Å². The fourth-order valence-corrected chi connectivity index (χ4v) is 4.72. The van der Waals surface area contributed by atoms with Crippen molar-refractivity contribution in [3.05, 3.63) is 36.0 Å². The predicted molar refractivity (Wildman–Crippen MR) is 136 cm³/mol. The van der Waals surface area contributed by atoms with Crippen molar-refractivity contribution in [2.45, 2.75) is 57.0 Å². The molecule has 0 radical (unpaired) electrons. The number of anilines is 4. The minimum atomic E-state index is -0.573. The van der Waals surface area contributed by atoms with Crippen LogP contribution in [0.2, 0.25) is 0 Å². The second kappa shape index (κ2) is 10.1. The van der Waals surface area contributed by atoms with Crippen LogP contribution in [0.15, 0.2) is 30.5 Å². The highest BCUT2D eigenvalue weighted by Crippen LogP contribution is 2.36. The van der Waals surface area contributed by atoms with Gasteiger partial charge in [-0.25, -0.2) is 9.97 Å². The van der Waals surface area contributed by atoms with E-state index in [1.54, 1.807) is 17.6 Å². The molecule has 35 heavy (non-hydrogen) atoms. The first kappa shape index (κ1) is 23.3. The highest BCUT2D eigenvalue weighted by molar-refractivity contribution is 5.98. The van der Waals surface area contributed by atoms with Crippen LogP contribution in [0.25, 0.3) is 5.65 Å². The summed E-state index contributed by atoms with van der Waals surface area (Å²) in [5.41, 5.74) is 6.19. The van der Waals surface area contributed by atoms with Crippen molar-refractivity contribution in [2.24, 2.45) is 5.73 Å². The summed E-state index contributed by atoms with van der Waals surface area (Å²) in [5, 5.41) is 10.5. The number of pyridine rings is 1. The van der Waals surface area contributed by atoms with Gasteiger partial charge in [-0.3, -0.25) is 4.79 Å². The van der Waals surface area contributed by atoms with Gasteiger partial charge < -0.3 is 26.0 Å². The highest BCUT2D eigenvalue weighted by atomic mass is 16.5. The van der Waals surface area contributed by atoms with E-state index in [0.717, 1.165) is 44.8 Å². The zero-order chi connectivity index (χ0) is 24.3. The molecule has 3 fully saturated rings. The van der Waals surface area contributed by atoms with E-state index in [2.05, 4.69) is 25.6 Å². The van der Waals surface area contributed by atoms with Gasteiger partial charge in [0.1, 0.15) is 28.8 Å². The summed E-state index contributed by atoms with van der Waals surface area (Å²) in [4.78, 5) is 23.3. The first-order valence-corrected chi connectivity index (χ1v) is 12.6. The van der Waals surface area contributed by atoms with Crippen molar-refractivity contribution in [1.82, 2.24) is 19.6 Å². The van der Waals surface area contributed by atoms with Gasteiger partial charge in [0, 0.05) is 32.8 Å². The van der Waals surface area contributed by atoms with E-state index in [1.807, 2.05) is 18.2 Å². The molecule has 1 aliphatic carbocycles. The molecule has 0 aromatic carbocycles. The number of nitrogens with two attached hydrogens (primary N) is 1. The smallest absolute Gasteiger partial charge is 0.254 e. The number of carbonyl (C=O) groups is 1. The second-order valence-corrected chi connectivity index (χ2v) is 9.48. The van der Waals surface area contributed by atoms with Crippen LogP contribution < -0.4 is 21.3 Å². The normalized spacial score (nSPS) is 18.6. The van der Waals surface area contributed by atoms with Crippen LogP contribution in [0.1, 0.15) is 61.7 Å². The van der Waals surface area contributed by atoms with Crippen LogP contribution in [0.4, 0.5) is 23.3 Å². The lowest BCUT2D eigenvalue weighted by Gasteiger charge is -2.39. The lowest BCUT2D eigenvalue weighted by Crippen LogP contribution is -2.44. The lowest BCUT2D eigenvalue weighted by atomic mass is 9.89. The van der Waals surface area contributed by atoms with Crippen LogP contribution >= 0.6 is 0 Å². The number of carbonyl (C=O) groups excluding carboxylic acids is 1. The van der Waals surface area contributed by atoms with Crippen molar-refractivity contribution in [2.75, 3.05) is 42.3 Å². The summed E-state index contributed by atoms with van der Waals surface area (Å²) in [6.07, 6.45) is 11.8. The number of rotatable bonds is 5. The number of nitrogens with zero attached hydrogens (tertiary/aromatic N) is 5. The molecule has 1 spiro atoms. The standard InChI is InChI=1S/C21H26N8O2.C4H8/c1-23-18-12-16(27-20-14(19(22)30)13-24-29(18)20)25-15-4-2-5-17(26-15)28-9-7-21(8-10-28)6-3-11-31-21;1-2-4-3-1/h2,4-5,12-13,23H,3,6-11H2,1H3,(H2,22,30)(H,25,26,27);1-4H2. The Kier molecular flexibility index (Phi) is 6.72. The number of hydrogen-bond donors (Lipinski definition) is 3. The summed E-state index contributed by atoms with van der Waals surface area (Å²) in [6.45, 7) is 2.75. The largest absolute Gasteiger partial charge is 0.375 e. The number of piperidine rings is 1. The Morgan fingerprint density at radius 1 is 1.06 bits per heavy atom. The number of primary amides is 1. The third-order valence-electron chi connectivity index (χ3n) is 7.17. The molecule has 6 rings (SSSR count). The van der Waals surface area contributed by atoms with E-state index < -0.39 is 5.91 Å². The van der Waals surface area contributed by atoms with Crippen LogP contribution in [0.3, 0.4) is 0 Å². The zero-order valence-electron chi connectivity index (χ0n) is 20.3. The molecular formula is C25H34N8O2. The Bertz CT molecular complexity index is 1170. The Morgan fingerprint density at radius 2 is 1.83 bits per heavy atom. The molecule has 0 bridgehead atoms. The van der Waals surface area contributed by atoms with Crippen LogP contribution in [-0.2, 0) is 4.74 Å². The molecule has 1 amide bonds. The molecule has 2 saturated heterocycles. The van der Waals surface area contributed by atoms with Gasteiger partial charge in [0.2, 0.25) is 0 Å². The van der Waals surface area contributed by atoms with Gasteiger partial charge in [-0.1, -0.05) is 31.7 Å². The molecule has 3 aromatic rings. The third kappa shape index (κ3) is 5.02. The molecule has 2 aliphatic heterocycles. The van der Waals surface area contributed by atoms with E-state index in [9.17, 15) is 4.79 Å². The monoisotopic (exact) mass is 478 g/mol. The molecule has 4 N–H and O–H groups in total. The van der Waals surface area contributed by atoms with Gasteiger partial charge in [-0.05, 0) is 37.8 Å². The van der Waals surface area contributed by atoms with Crippen molar-refractivity contribution in [3.63, 3.8) is 0 Å². The Morgan fingerprint density at radius 3 is 2.46 bits per heavy atom. The Hall–Kier alpha value is -3.40. The molecule has 186 valence electrons. The summed E-state index contributed by atoms with van der Waals surface area (Å²) >= 11 is 0. The average Bonchev–Trinajstić information content (AvgIpc) is 3.45. The van der Waals surface area contributed by atoms with Gasteiger partial charge in [0.15, 0.2) is 5.65 Å². The van der Waals surface area contributed by atoms with Gasteiger partial charge in [-0.15, -0.1) is 0 Å². The number of ether oxygens (including phenoxy) is 1. The van der Waals surface area contributed by atoms with Gasteiger partial charge in [0.25, 0.3) is 5.91 Å². The fraction of sp³-hybridized carbons (Fsp3) is 0.520. The zero-order valence-corrected chi connectivity index (χ0v) is 20.3. The first-order valence-electron chi connectivity index (χ1n) is 12.6. The minimum absolute atomic E-state index is 0.0820. The molecule has 1 saturated carbocycles. The third-order valence-corrected chi connectivity index (χ3v) is 7.17. The minimum Gasteiger partial charge on any atom is -0.375 e. The maximum absolute atomic E-state index is 11.7. The first-order chi connectivity index (χ1) is 17.1. The Balaban J connectivity index is 0.000000577. The quantitative estimate of drug-likeness (QED) is 0.507. The highest BCUT2D eigenvalue weighted by Gasteiger charge is 2.38. The molecule has 10 nitrogen and oxygen atoms in total. The average molecular weight is 479 g/mol. The van der Waals surface area contributed by atoms with Gasteiger partial charge in [-0.2, -0.15) is 9.61 Å². The van der Waals surface area contributed by atoms with Crippen LogP contribution in [0, 0.1) is 0 Å². The molecule has 5 heterocycles. The number of nitrogens with one attached hydrogen (secondary N) is 2. The summed E-state index contributed by atoms with van der Waals surface area (Å²) in [6, 6.07) is 7.70. The fourth-order valence-electron chi connectivity index (χ4n) is 4.72. The van der Waals surface area contributed by atoms with Crippen LogP contribution in [-0.4, -0.2) is 57.8 Å². The van der Waals surface area contributed by atoms with Crippen LogP contribution in [0.5, 0.6) is 0 Å². The maximum atomic E-state index is 11.7. The van der Waals surface area contributed by atoms with Gasteiger partial charge in [0.05, 0.1) is 11.8 Å². The maximum Gasteiger partial charge on any atom is 0.254 e. The molecule has 10 heteroatoms. The topological polar surface area (TPSA) is 123 Å². The number of aromatic nitrogens is 4. The molecule has 0 unspecified atom stereocenters. The van der Waals surface area contributed by atoms with E-state index >= 15 is 0 Å². The van der Waals surface area contributed by atoms with Crippen molar-refractivity contribution in [3.8, 4) is 0 Å². The van der Waals surface area contributed by atoms with E-state index in [0.29, 0.717) is 23.1 Å². The SMILES string of the molecule is C1CCC1.CNc1cc(Nc2cccc(N3CCC4(CCCO4)CC3)n2)nc2c(C(N)=O)cnn12. The molecule has 3 aromatic heterocycles. The lowest BCUT2D eigenvalue weighted by molar-refractivity contribution is -0.0147. The molecular weight excluding hydrogens is 444 g/mol. The predicted octanol–water partition coefficient (Wildman–Crippen LogP) is 3.72. The molecule has 3 aliphatic rings. The van der Waals surface area contributed by atoms with E-state index in [-0.39, 0.29) is 11.2 Å². The van der Waals surface area contributed by atoms with Gasteiger partial charge >= 0.3 is 0 Å². The summed E-state index contributed by atoms with van der Waals surface area (Å²) < 4.78 is 7.58. The second-order valence-electron chi connectivity index (χ2n) is 9.48. The summed E-state index contributed by atoms with van der Waals surface area (Å²) in [7, 11) is 1.78. The summed E-state index contributed by atoms with van der Waals surface area (Å²) in [5.74, 6) is 2.25.